The molecule has 1 aliphatic rings. The van der Waals surface area contributed by atoms with E-state index in [9.17, 15) is 0 Å². The molecule has 1 aromatic carbocycles. The maximum atomic E-state index is 5.14. The SMILES string of the molecule is COCCN=c1scc(-c2cc(C)c(C)cc2C)n1N=C1CCCC1. The second-order valence-electron chi connectivity index (χ2n) is 6.71. The van der Waals surface area contributed by atoms with Crippen molar-refractivity contribution in [2.45, 2.75) is 46.5 Å². The fourth-order valence-corrected chi connectivity index (χ4v) is 4.03. The third kappa shape index (κ3) is 4.10. The van der Waals surface area contributed by atoms with Gasteiger partial charge < -0.3 is 4.74 Å². The van der Waals surface area contributed by atoms with Gasteiger partial charge in [-0.15, -0.1) is 11.3 Å². The Morgan fingerprint density at radius 3 is 2.52 bits per heavy atom. The summed E-state index contributed by atoms with van der Waals surface area (Å²) in [4.78, 5) is 5.65. The highest BCUT2D eigenvalue weighted by atomic mass is 32.1. The number of benzene rings is 1. The van der Waals surface area contributed by atoms with Crippen LogP contribution in [0.4, 0.5) is 0 Å². The Labute approximate surface area is 153 Å². The number of hydrogen-bond acceptors (Lipinski definition) is 4. The molecule has 1 saturated carbocycles. The van der Waals surface area contributed by atoms with E-state index >= 15 is 0 Å². The third-order valence-corrected chi connectivity index (χ3v) is 5.62. The lowest BCUT2D eigenvalue weighted by atomic mass is 9.99. The van der Waals surface area contributed by atoms with Gasteiger partial charge in [0.15, 0.2) is 0 Å². The standard InChI is InChI=1S/C20H27N3OS/c1-14-11-16(3)18(12-15(14)2)19-13-25-20(21-9-10-24-4)23(19)22-17-7-5-6-8-17/h11-13H,5-10H2,1-4H3. The number of aryl methyl sites for hydroxylation is 3. The highest BCUT2D eigenvalue weighted by Crippen LogP contribution is 2.27. The van der Waals surface area contributed by atoms with Crippen LogP contribution in [0, 0.1) is 20.8 Å². The van der Waals surface area contributed by atoms with Gasteiger partial charge in [0, 0.05) is 23.8 Å². The van der Waals surface area contributed by atoms with E-state index in [1.54, 1.807) is 18.4 Å². The molecule has 1 aliphatic carbocycles. The van der Waals surface area contributed by atoms with Crippen molar-refractivity contribution in [1.29, 1.82) is 0 Å². The Balaban J connectivity index is 2.12. The molecule has 134 valence electrons. The van der Waals surface area contributed by atoms with Gasteiger partial charge in [0.2, 0.25) is 4.80 Å². The van der Waals surface area contributed by atoms with Crippen LogP contribution in [-0.4, -0.2) is 30.6 Å². The minimum Gasteiger partial charge on any atom is -0.383 e. The molecular formula is C20H27N3OS. The molecule has 4 nitrogen and oxygen atoms in total. The number of thiazole rings is 1. The quantitative estimate of drug-likeness (QED) is 0.728. The zero-order valence-corrected chi connectivity index (χ0v) is 16.4. The van der Waals surface area contributed by atoms with Crippen molar-refractivity contribution in [3.8, 4) is 11.3 Å². The van der Waals surface area contributed by atoms with Gasteiger partial charge in [-0.3, -0.25) is 4.99 Å². The smallest absolute Gasteiger partial charge is 0.206 e. The molecule has 0 spiro atoms. The van der Waals surface area contributed by atoms with Gasteiger partial charge in [-0.25, -0.2) is 4.68 Å². The van der Waals surface area contributed by atoms with Crippen molar-refractivity contribution in [3.63, 3.8) is 0 Å². The highest BCUT2D eigenvalue weighted by Gasteiger charge is 2.14. The summed E-state index contributed by atoms with van der Waals surface area (Å²) >= 11 is 1.66. The van der Waals surface area contributed by atoms with Gasteiger partial charge in [0.25, 0.3) is 0 Å². The molecule has 0 atom stereocenters. The second kappa shape index (κ2) is 8.11. The van der Waals surface area contributed by atoms with Crippen LogP contribution in [0.3, 0.4) is 0 Å². The average molecular weight is 358 g/mol. The third-order valence-electron chi connectivity index (χ3n) is 4.77. The number of ether oxygens (including phenoxy) is 1. The van der Waals surface area contributed by atoms with E-state index in [-0.39, 0.29) is 0 Å². The lowest BCUT2D eigenvalue weighted by Crippen LogP contribution is -2.15. The minimum atomic E-state index is 0.631. The summed E-state index contributed by atoms with van der Waals surface area (Å²) in [6.07, 6.45) is 4.70. The molecule has 1 fully saturated rings. The fourth-order valence-electron chi connectivity index (χ4n) is 3.18. The van der Waals surface area contributed by atoms with Gasteiger partial charge in [-0.1, -0.05) is 6.07 Å². The molecule has 1 heterocycles. The van der Waals surface area contributed by atoms with Gasteiger partial charge >= 0.3 is 0 Å². The molecule has 25 heavy (non-hydrogen) atoms. The predicted molar refractivity (Wildman–Crippen MR) is 106 cm³/mol. The molecule has 3 rings (SSSR count). The maximum absolute atomic E-state index is 5.14. The molecular weight excluding hydrogens is 330 g/mol. The summed E-state index contributed by atoms with van der Waals surface area (Å²) in [5, 5.41) is 7.16. The highest BCUT2D eigenvalue weighted by molar-refractivity contribution is 7.07. The summed E-state index contributed by atoms with van der Waals surface area (Å²) in [5.74, 6) is 0. The van der Waals surface area contributed by atoms with Crippen LogP contribution in [0.2, 0.25) is 0 Å². The van der Waals surface area contributed by atoms with Crippen LogP contribution in [0.5, 0.6) is 0 Å². The van der Waals surface area contributed by atoms with Crippen molar-refractivity contribution in [2.24, 2.45) is 10.1 Å². The summed E-state index contributed by atoms with van der Waals surface area (Å²) in [7, 11) is 1.71. The lowest BCUT2D eigenvalue weighted by molar-refractivity contribution is 0.207. The Bertz CT molecular complexity index is 837. The van der Waals surface area contributed by atoms with Gasteiger partial charge in [-0.05, 0) is 69.2 Å². The van der Waals surface area contributed by atoms with Crippen LogP contribution in [-0.2, 0) is 4.74 Å². The average Bonchev–Trinajstić information content (AvgIpc) is 3.23. The van der Waals surface area contributed by atoms with Crippen LogP contribution < -0.4 is 4.80 Å². The zero-order valence-electron chi connectivity index (χ0n) is 15.6. The number of methoxy groups -OCH3 is 1. The molecule has 5 heteroatoms. The molecule has 0 saturated heterocycles. The molecule has 0 radical (unpaired) electrons. The zero-order chi connectivity index (χ0) is 17.8. The minimum absolute atomic E-state index is 0.631. The largest absolute Gasteiger partial charge is 0.383 e. The Morgan fingerprint density at radius 2 is 1.80 bits per heavy atom. The van der Waals surface area contributed by atoms with E-state index in [0.29, 0.717) is 13.2 Å². The molecule has 2 aromatic rings. The normalized spacial score (nSPS) is 15.2. The van der Waals surface area contributed by atoms with Crippen molar-refractivity contribution in [3.05, 3.63) is 39.0 Å². The molecule has 0 bridgehead atoms. The molecule has 0 unspecified atom stereocenters. The first-order valence-electron chi connectivity index (χ1n) is 8.95. The van der Waals surface area contributed by atoms with Crippen molar-refractivity contribution >= 4 is 17.0 Å². The van der Waals surface area contributed by atoms with E-state index < -0.39 is 0 Å². The van der Waals surface area contributed by atoms with Gasteiger partial charge in [-0.2, -0.15) is 5.10 Å². The van der Waals surface area contributed by atoms with Crippen LogP contribution in [0.15, 0.2) is 27.6 Å². The van der Waals surface area contributed by atoms with E-state index in [0.717, 1.165) is 23.3 Å². The topological polar surface area (TPSA) is 38.9 Å². The lowest BCUT2D eigenvalue weighted by Gasteiger charge is -2.11. The number of hydrogen-bond donors (Lipinski definition) is 0. The molecule has 0 N–H and O–H groups in total. The monoisotopic (exact) mass is 357 g/mol. The summed E-state index contributed by atoms with van der Waals surface area (Å²) in [5.41, 5.74) is 7.59. The summed E-state index contributed by atoms with van der Waals surface area (Å²) in [6.45, 7) is 7.80. The first kappa shape index (κ1) is 18.1. The van der Waals surface area contributed by atoms with Crippen molar-refractivity contribution in [2.75, 3.05) is 20.3 Å². The first-order chi connectivity index (χ1) is 12.1. The van der Waals surface area contributed by atoms with Crippen LogP contribution >= 0.6 is 11.3 Å². The second-order valence-corrected chi connectivity index (χ2v) is 7.55. The van der Waals surface area contributed by atoms with Gasteiger partial charge in [0.05, 0.1) is 18.8 Å². The van der Waals surface area contributed by atoms with Gasteiger partial charge in [0.1, 0.15) is 0 Å². The maximum Gasteiger partial charge on any atom is 0.206 e. The predicted octanol–water partition coefficient (Wildman–Crippen LogP) is 4.47. The number of aromatic nitrogens is 1. The van der Waals surface area contributed by atoms with E-state index in [4.69, 9.17) is 14.8 Å². The Hall–Kier alpha value is -1.72. The van der Waals surface area contributed by atoms with E-state index in [2.05, 4.69) is 43.0 Å². The number of nitrogens with zero attached hydrogens (tertiary/aromatic N) is 3. The van der Waals surface area contributed by atoms with Crippen LogP contribution in [0.1, 0.15) is 42.4 Å². The Morgan fingerprint density at radius 1 is 1.08 bits per heavy atom. The Kier molecular flexibility index (Phi) is 5.86. The molecule has 0 aliphatic heterocycles. The van der Waals surface area contributed by atoms with Crippen LogP contribution in [0.25, 0.3) is 11.3 Å². The number of rotatable bonds is 5. The van der Waals surface area contributed by atoms with Crippen molar-refractivity contribution in [1.82, 2.24) is 4.68 Å². The van der Waals surface area contributed by atoms with E-state index in [1.807, 2.05) is 0 Å². The molecule has 1 aromatic heterocycles. The van der Waals surface area contributed by atoms with Crippen molar-refractivity contribution < 1.29 is 4.74 Å². The summed E-state index contributed by atoms with van der Waals surface area (Å²) < 4.78 is 7.20. The van der Waals surface area contributed by atoms with E-state index in [1.165, 1.54) is 40.8 Å². The summed E-state index contributed by atoms with van der Waals surface area (Å²) in [6, 6.07) is 4.54. The fraction of sp³-hybridized carbons (Fsp3) is 0.500. The first-order valence-corrected chi connectivity index (χ1v) is 9.83. The molecule has 0 amide bonds.